The van der Waals surface area contributed by atoms with Crippen LogP contribution < -0.4 is 26.7 Å². The summed E-state index contributed by atoms with van der Waals surface area (Å²) in [4.78, 5) is 38.9. The predicted molar refractivity (Wildman–Crippen MR) is 153 cm³/mol. The summed E-state index contributed by atoms with van der Waals surface area (Å²) in [5.41, 5.74) is 13.2. The van der Waals surface area contributed by atoms with Gasteiger partial charge in [-0.3, -0.25) is 14.4 Å². The van der Waals surface area contributed by atoms with E-state index in [2.05, 4.69) is 31.0 Å². The molecule has 2 atom stereocenters. The molecule has 12 nitrogen and oxygen atoms in total. The van der Waals surface area contributed by atoms with Gasteiger partial charge in [0.15, 0.2) is 0 Å². The first kappa shape index (κ1) is 24.8. The highest BCUT2D eigenvalue weighted by molar-refractivity contribution is 6.08. The molecule has 0 aliphatic carbocycles. The molecule has 0 fully saturated rings. The Labute approximate surface area is 228 Å². The predicted octanol–water partition coefficient (Wildman–Crippen LogP) is 3.96. The van der Waals surface area contributed by atoms with Crippen molar-refractivity contribution in [2.24, 2.45) is 5.73 Å². The van der Waals surface area contributed by atoms with Gasteiger partial charge in [-0.2, -0.15) is 0 Å². The molecule has 7 N–H and O–H groups in total. The monoisotopic (exact) mass is 537 g/mol. The summed E-state index contributed by atoms with van der Waals surface area (Å²) < 4.78 is 1.76. The van der Waals surface area contributed by atoms with Gasteiger partial charge < -0.3 is 31.9 Å². The number of carbonyl (C=O) groups excluding carboxylic acids is 2. The zero-order valence-corrected chi connectivity index (χ0v) is 21.7. The molecular formula is C28H27N9O3. The number of anilines is 3. The molecular weight excluding hydrogens is 510 g/mol. The van der Waals surface area contributed by atoms with E-state index in [9.17, 15) is 14.7 Å². The molecule has 202 valence electrons. The first-order chi connectivity index (χ1) is 19.3. The third-order valence-corrected chi connectivity index (χ3v) is 6.90. The Bertz CT molecular complexity index is 1740. The molecule has 0 bridgehead atoms. The number of amides is 3. The number of phenolic OH excluding ortho intramolecular Hbond substituents is 1. The van der Waals surface area contributed by atoms with Crippen LogP contribution in [-0.2, 0) is 0 Å². The maximum atomic E-state index is 13.8. The van der Waals surface area contributed by atoms with Crippen molar-refractivity contribution < 1.29 is 14.7 Å². The fourth-order valence-corrected chi connectivity index (χ4v) is 5.13. The van der Waals surface area contributed by atoms with Gasteiger partial charge in [-0.15, -0.1) is 0 Å². The Hall–Kier alpha value is -5.52. The smallest absolute Gasteiger partial charge is 0.316 e. The molecule has 5 aromatic rings. The second kappa shape index (κ2) is 9.66. The van der Waals surface area contributed by atoms with Gasteiger partial charge in [0.1, 0.15) is 35.4 Å². The minimum atomic E-state index is -0.742. The first-order valence-electron chi connectivity index (χ1n) is 12.6. The zero-order chi connectivity index (χ0) is 28.0. The SMILES string of the molecule is Cc1ccn2c1C(=O)N(c1ccccc1)C([C@H](C)Nc1ncnc3[nH]cc(-c4cc(O)cc(NC(N)=O)c4)c13)N2. The molecule has 0 radical (unpaired) electrons. The summed E-state index contributed by atoms with van der Waals surface area (Å²) in [6.07, 6.45) is 4.57. The minimum absolute atomic E-state index is 0.0448. The molecule has 3 aromatic heterocycles. The van der Waals surface area contributed by atoms with Gasteiger partial charge in [0.25, 0.3) is 5.91 Å². The number of urea groups is 1. The number of aromatic nitrogens is 4. The number of nitrogens with one attached hydrogen (secondary N) is 4. The number of phenols is 1. The number of hydrogen-bond donors (Lipinski definition) is 6. The van der Waals surface area contributed by atoms with E-state index in [1.165, 1.54) is 12.4 Å². The lowest BCUT2D eigenvalue weighted by Gasteiger charge is -2.41. The highest BCUT2D eigenvalue weighted by Gasteiger charge is 2.37. The fourth-order valence-electron chi connectivity index (χ4n) is 5.13. The minimum Gasteiger partial charge on any atom is -0.508 e. The maximum Gasteiger partial charge on any atom is 0.316 e. The lowest BCUT2D eigenvalue weighted by Crippen LogP contribution is -2.59. The number of carbonyl (C=O) groups is 2. The number of nitrogens with zero attached hydrogens (tertiary/aromatic N) is 4. The molecule has 6 rings (SSSR count). The Morgan fingerprint density at radius 1 is 1.15 bits per heavy atom. The normalized spacial score (nSPS) is 15.4. The number of primary amides is 1. The number of H-pyrrole nitrogens is 1. The van der Waals surface area contributed by atoms with Crippen LogP contribution in [0, 0.1) is 6.92 Å². The average molecular weight is 538 g/mol. The highest BCUT2D eigenvalue weighted by Crippen LogP contribution is 2.36. The zero-order valence-electron chi connectivity index (χ0n) is 21.7. The summed E-state index contributed by atoms with van der Waals surface area (Å²) in [5.74, 6) is 0.366. The lowest BCUT2D eigenvalue weighted by atomic mass is 10.0. The number of rotatable bonds is 6. The summed E-state index contributed by atoms with van der Waals surface area (Å²) in [7, 11) is 0. The summed E-state index contributed by atoms with van der Waals surface area (Å²) >= 11 is 0. The van der Waals surface area contributed by atoms with Gasteiger partial charge in [0, 0.05) is 35.4 Å². The van der Waals surface area contributed by atoms with E-state index in [1.807, 2.05) is 56.4 Å². The third kappa shape index (κ3) is 4.30. The molecule has 4 heterocycles. The molecule has 0 saturated carbocycles. The van der Waals surface area contributed by atoms with Crippen LogP contribution in [0.25, 0.3) is 22.2 Å². The van der Waals surface area contributed by atoms with Crippen molar-refractivity contribution in [2.45, 2.75) is 26.1 Å². The van der Waals surface area contributed by atoms with Gasteiger partial charge in [-0.05, 0) is 55.3 Å². The molecule has 2 aromatic carbocycles. The molecule has 12 heteroatoms. The van der Waals surface area contributed by atoms with Crippen LogP contribution in [-0.4, -0.2) is 48.9 Å². The van der Waals surface area contributed by atoms with Gasteiger partial charge in [-0.1, -0.05) is 18.2 Å². The van der Waals surface area contributed by atoms with Crippen molar-refractivity contribution in [1.82, 2.24) is 19.6 Å². The summed E-state index contributed by atoms with van der Waals surface area (Å²) in [6, 6.07) is 15.0. The Balaban J connectivity index is 1.39. The number of benzene rings is 2. The van der Waals surface area contributed by atoms with Crippen LogP contribution in [0.1, 0.15) is 23.0 Å². The van der Waals surface area contributed by atoms with Crippen LogP contribution in [0.2, 0.25) is 0 Å². The number of aromatic amines is 1. The van der Waals surface area contributed by atoms with Crippen molar-refractivity contribution in [3.05, 3.63) is 84.6 Å². The third-order valence-electron chi connectivity index (χ3n) is 6.90. The second-order valence-corrected chi connectivity index (χ2v) is 9.64. The van der Waals surface area contributed by atoms with E-state index in [0.29, 0.717) is 39.4 Å². The summed E-state index contributed by atoms with van der Waals surface area (Å²) in [5, 5.41) is 17.0. The molecule has 0 saturated heterocycles. The summed E-state index contributed by atoms with van der Waals surface area (Å²) in [6.45, 7) is 3.87. The van der Waals surface area contributed by atoms with Crippen LogP contribution in [0.3, 0.4) is 0 Å². The van der Waals surface area contributed by atoms with Crippen molar-refractivity contribution in [1.29, 1.82) is 0 Å². The number of aromatic hydroxyl groups is 1. The van der Waals surface area contributed by atoms with Crippen molar-refractivity contribution in [2.75, 3.05) is 21.0 Å². The van der Waals surface area contributed by atoms with Gasteiger partial charge in [0.2, 0.25) is 0 Å². The first-order valence-corrected chi connectivity index (χ1v) is 12.6. The van der Waals surface area contributed by atoms with Gasteiger partial charge in [0.05, 0.1) is 11.4 Å². The van der Waals surface area contributed by atoms with Crippen molar-refractivity contribution >= 4 is 40.2 Å². The van der Waals surface area contributed by atoms with Crippen molar-refractivity contribution in [3.8, 4) is 16.9 Å². The van der Waals surface area contributed by atoms with E-state index in [0.717, 1.165) is 11.3 Å². The van der Waals surface area contributed by atoms with Crippen LogP contribution in [0.15, 0.2) is 73.3 Å². The van der Waals surface area contributed by atoms with Crippen LogP contribution in [0.4, 0.5) is 22.0 Å². The lowest BCUT2D eigenvalue weighted by molar-refractivity contribution is 0.0954. The number of aryl methyl sites for hydroxylation is 1. The molecule has 0 spiro atoms. The Kier molecular flexibility index (Phi) is 5.99. The number of para-hydroxylation sites is 1. The van der Waals surface area contributed by atoms with E-state index < -0.39 is 12.2 Å². The topological polar surface area (TPSA) is 166 Å². The Morgan fingerprint density at radius 3 is 2.73 bits per heavy atom. The second-order valence-electron chi connectivity index (χ2n) is 9.64. The van der Waals surface area contributed by atoms with Crippen LogP contribution in [0.5, 0.6) is 5.75 Å². The van der Waals surface area contributed by atoms with E-state index in [-0.39, 0.29) is 17.7 Å². The quantitative estimate of drug-likeness (QED) is 0.191. The van der Waals surface area contributed by atoms with E-state index >= 15 is 0 Å². The van der Waals surface area contributed by atoms with Gasteiger partial charge in [-0.25, -0.2) is 14.8 Å². The van der Waals surface area contributed by atoms with E-state index in [1.54, 1.807) is 27.9 Å². The number of nitrogens with two attached hydrogens (primary N) is 1. The van der Waals surface area contributed by atoms with Crippen LogP contribution >= 0.6 is 0 Å². The molecule has 1 unspecified atom stereocenters. The van der Waals surface area contributed by atoms with Gasteiger partial charge >= 0.3 is 6.03 Å². The molecule has 3 amide bonds. The standard InChI is InChI=1S/C28H27N9O3/c1-15-8-9-36-23(15)27(39)37(19-6-4-3-5-7-19)26(35-36)16(2)33-25-22-21(13-30-24(22)31-14-32-25)17-10-18(34-28(29)40)12-20(38)11-17/h3-14,16,26,35,38H,1-2H3,(H3,29,34,40)(H2,30,31,32,33)/t16-,26?/m0/s1. The average Bonchev–Trinajstić information content (AvgIpc) is 3.53. The largest absolute Gasteiger partial charge is 0.508 e. The van der Waals surface area contributed by atoms with E-state index in [4.69, 9.17) is 5.73 Å². The number of fused-ring (bicyclic) bond motifs is 2. The maximum absolute atomic E-state index is 13.8. The molecule has 1 aliphatic heterocycles. The molecule has 40 heavy (non-hydrogen) atoms. The fraction of sp³-hybridized carbons (Fsp3) is 0.143. The highest BCUT2D eigenvalue weighted by atomic mass is 16.3. The van der Waals surface area contributed by atoms with Crippen molar-refractivity contribution in [3.63, 3.8) is 0 Å². The number of hydrogen-bond acceptors (Lipinski definition) is 7. The Morgan fingerprint density at radius 2 is 1.95 bits per heavy atom. The molecule has 1 aliphatic rings.